The van der Waals surface area contributed by atoms with Gasteiger partial charge in [0.05, 0.1) is 5.60 Å². The van der Waals surface area contributed by atoms with Crippen LogP contribution in [0.15, 0.2) is 12.2 Å². The number of carbonyl (C=O) groups is 1. The summed E-state index contributed by atoms with van der Waals surface area (Å²) in [5.74, 6) is -1.05. The lowest BCUT2D eigenvalue weighted by Crippen LogP contribution is -2.60. The van der Waals surface area contributed by atoms with E-state index in [-0.39, 0.29) is 11.7 Å². The number of ether oxygens (including phenoxy) is 3. The summed E-state index contributed by atoms with van der Waals surface area (Å²) in [5.41, 5.74) is -0.470. The standard InChI is InChI=1S/C12H18O4/c1-8(2)11-6-5-10(16-11)12(14-3,15-4)9(13)7-11/h5-6,8,10H,7H2,1-4H3/t10-,11+/m0/s1. The van der Waals surface area contributed by atoms with E-state index in [1.165, 1.54) is 14.2 Å². The molecule has 0 saturated carbocycles. The minimum absolute atomic E-state index is 0.0487. The van der Waals surface area contributed by atoms with Crippen LogP contribution >= 0.6 is 0 Å². The van der Waals surface area contributed by atoms with Crippen molar-refractivity contribution in [3.8, 4) is 0 Å². The Bertz CT molecular complexity index is 330. The van der Waals surface area contributed by atoms with Crippen molar-refractivity contribution in [1.29, 1.82) is 0 Å². The molecule has 90 valence electrons. The Morgan fingerprint density at radius 2 is 2.06 bits per heavy atom. The van der Waals surface area contributed by atoms with Gasteiger partial charge >= 0.3 is 0 Å². The van der Waals surface area contributed by atoms with Gasteiger partial charge in [-0.1, -0.05) is 26.0 Å². The molecule has 2 aliphatic heterocycles. The molecule has 1 fully saturated rings. The Hall–Kier alpha value is -0.710. The topological polar surface area (TPSA) is 44.8 Å². The van der Waals surface area contributed by atoms with Gasteiger partial charge in [0.15, 0.2) is 5.78 Å². The molecule has 16 heavy (non-hydrogen) atoms. The molecule has 1 saturated heterocycles. The van der Waals surface area contributed by atoms with E-state index in [0.717, 1.165) is 0 Å². The molecule has 2 atom stereocenters. The van der Waals surface area contributed by atoms with Gasteiger partial charge in [-0.25, -0.2) is 0 Å². The van der Waals surface area contributed by atoms with Crippen LogP contribution in [-0.4, -0.2) is 37.5 Å². The maximum absolute atomic E-state index is 12.2. The fourth-order valence-corrected chi connectivity index (χ4v) is 2.48. The minimum atomic E-state index is -1.26. The smallest absolute Gasteiger partial charge is 0.259 e. The molecule has 0 N–H and O–H groups in total. The molecule has 0 aromatic rings. The van der Waals surface area contributed by atoms with Crippen LogP contribution in [0.2, 0.25) is 0 Å². The fraction of sp³-hybridized carbons (Fsp3) is 0.750. The summed E-state index contributed by atoms with van der Waals surface area (Å²) in [4.78, 5) is 12.2. The summed E-state index contributed by atoms with van der Waals surface area (Å²) >= 11 is 0. The van der Waals surface area contributed by atoms with Gasteiger partial charge in [-0.05, 0) is 5.92 Å². The Morgan fingerprint density at radius 3 is 2.56 bits per heavy atom. The number of fused-ring (bicyclic) bond motifs is 2. The maximum atomic E-state index is 12.2. The summed E-state index contributed by atoms with van der Waals surface area (Å²) in [6.07, 6.45) is 3.71. The largest absolute Gasteiger partial charge is 0.357 e. The van der Waals surface area contributed by atoms with Crippen molar-refractivity contribution in [1.82, 2.24) is 0 Å². The highest BCUT2D eigenvalue weighted by atomic mass is 16.7. The minimum Gasteiger partial charge on any atom is -0.357 e. The van der Waals surface area contributed by atoms with Crippen molar-refractivity contribution < 1.29 is 19.0 Å². The van der Waals surface area contributed by atoms with E-state index in [4.69, 9.17) is 14.2 Å². The molecule has 0 aliphatic carbocycles. The fourth-order valence-electron chi connectivity index (χ4n) is 2.48. The van der Waals surface area contributed by atoms with E-state index < -0.39 is 17.5 Å². The number of carbonyl (C=O) groups excluding carboxylic acids is 1. The Balaban J connectivity index is 2.36. The Labute approximate surface area is 95.6 Å². The van der Waals surface area contributed by atoms with Crippen molar-refractivity contribution >= 4 is 5.78 Å². The van der Waals surface area contributed by atoms with Crippen LogP contribution in [0.4, 0.5) is 0 Å². The summed E-state index contributed by atoms with van der Waals surface area (Å²) in [6.45, 7) is 4.10. The highest BCUT2D eigenvalue weighted by Gasteiger charge is 2.59. The van der Waals surface area contributed by atoms with Crippen LogP contribution < -0.4 is 0 Å². The second-order valence-corrected chi connectivity index (χ2v) is 4.68. The van der Waals surface area contributed by atoms with Gasteiger partial charge in [-0.3, -0.25) is 4.79 Å². The molecular weight excluding hydrogens is 208 g/mol. The highest BCUT2D eigenvalue weighted by Crippen LogP contribution is 2.45. The molecule has 2 bridgehead atoms. The van der Waals surface area contributed by atoms with Gasteiger partial charge in [0.25, 0.3) is 5.79 Å². The van der Waals surface area contributed by atoms with Crippen LogP contribution in [-0.2, 0) is 19.0 Å². The van der Waals surface area contributed by atoms with E-state index >= 15 is 0 Å². The number of methoxy groups -OCH3 is 2. The first-order valence-corrected chi connectivity index (χ1v) is 5.51. The van der Waals surface area contributed by atoms with Crippen molar-refractivity contribution in [2.24, 2.45) is 5.92 Å². The molecule has 0 aromatic heterocycles. The van der Waals surface area contributed by atoms with Gasteiger partial charge in [0, 0.05) is 20.6 Å². The van der Waals surface area contributed by atoms with E-state index in [2.05, 4.69) is 0 Å². The average molecular weight is 226 g/mol. The maximum Gasteiger partial charge on any atom is 0.259 e. The molecule has 4 nitrogen and oxygen atoms in total. The van der Waals surface area contributed by atoms with Gasteiger partial charge in [0.2, 0.25) is 0 Å². The highest BCUT2D eigenvalue weighted by molar-refractivity contribution is 5.89. The van der Waals surface area contributed by atoms with Gasteiger partial charge in [0.1, 0.15) is 6.10 Å². The second-order valence-electron chi connectivity index (χ2n) is 4.68. The molecule has 0 amide bonds. The van der Waals surface area contributed by atoms with Crippen molar-refractivity contribution in [2.45, 2.75) is 37.8 Å². The van der Waals surface area contributed by atoms with Crippen molar-refractivity contribution in [2.75, 3.05) is 14.2 Å². The van der Waals surface area contributed by atoms with E-state index in [0.29, 0.717) is 6.42 Å². The number of rotatable bonds is 3. The van der Waals surface area contributed by atoms with Crippen molar-refractivity contribution in [3.63, 3.8) is 0 Å². The predicted octanol–water partition coefficient (Wildman–Crippen LogP) is 1.30. The Kier molecular flexibility index (Phi) is 2.69. The number of Topliss-reactive ketones (excluding diaryl/α,β-unsaturated/α-hetero) is 1. The molecule has 2 rings (SSSR count). The lowest BCUT2D eigenvalue weighted by molar-refractivity contribution is -0.275. The molecule has 2 aliphatic rings. The number of hydrogen-bond acceptors (Lipinski definition) is 4. The van der Waals surface area contributed by atoms with Crippen molar-refractivity contribution in [3.05, 3.63) is 12.2 Å². The monoisotopic (exact) mass is 226 g/mol. The third-order valence-corrected chi connectivity index (χ3v) is 3.68. The molecule has 0 radical (unpaired) electrons. The van der Waals surface area contributed by atoms with E-state index in [9.17, 15) is 4.79 Å². The zero-order valence-corrected chi connectivity index (χ0v) is 10.1. The molecule has 0 spiro atoms. The van der Waals surface area contributed by atoms with Gasteiger partial charge < -0.3 is 14.2 Å². The van der Waals surface area contributed by atoms with Gasteiger partial charge in [-0.2, -0.15) is 0 Å². The zero-order valence-electron chi connectivity index (χ0n) is 10.1. The van der Waals surface area contributed by atoms with Crippen LogP contribution in [0.1, 0.15) is 20.3 Å². The zero-order chi connectivity index (χ0) is 12.0. The van der Waals surface area contributed by atoms with E-state index in [1.54, 1.807) is 0 Å². The first-order valence-electron chi connectivity index (χ1n) is 5.51. The summed E-state index contributed by atoms with van der Waals surface area (Å²) < 4.78 is 16.4. The summed E-state index contributed by atoms with van der Waals surface area (Å²) in [6, 6.07) is 0. The summed E-state index contributed by atoms with van der Waals surface area (Å²) in [7, 11) is 2.94. The van der Waals surface area contributed by atoms with Crippen LogP contribution in [0.5, 0.6) is 0 Å². The van der Waals surface area contributed by atoms with E-state index in [1.807, 2.05) is 26.0 Å². The number of ketones is 1. The van der Waals surface area contributed by atoms with Gasteiger partial charge in [-0.15, -0.1) is 0 Å². The summed E-state index contributed by atoms with van der Waals surface area (Å²) in [5, 5.41) is 0. The predicted molar refractivity (Wildman–Crippen MR) is 58.0 cm³/mol. The van der Waals surface area contributed by atoms with Crippen LogP contribution in [0, 0.1) is 5.92 Å². The average Bonchev–Trinajstić information content (AvgIpc) is 2.62. The normalized spacial score (nSPS) is 36.1. The first kappa shape index (κ1) is 11.8. The lowest BCUT2D eigenvalue weighted by Gasteiger charge is -2.44. The third-order valence-electron chi connectivity index (χ3n) is 3.68. The molecule has 2 heterocycles. The number of hydrogen-bond donors (Lipinski definition) is 0. The SMILES string of the molecule is COC1(OC)C(=O)C[C@@]2(C(C)C)C=C[C@@H]1O2. The third kappa shape index (κ3) is 1.30. The quantitative estimate of drug-likeness (QED) is 0.537. The lowest BCUT2D eigenvalue weighted by atomic mass is 9.83. The second kappa shape index (κ2) is 3.65. The first-order chi connectivity index (χ1) is 7.50. The van der Waals surface area contributed by atoms with Crippen LogP contribution in [0.3, 0.4) is 0 Å². The molecule has 4 heteroatoms. The Morgan fingerprint density at radius 1 is 1.44 bits per heavy atom. The van der Waals surface area contributed by atoms with Crippen LogP contribution in [0.25, 0.3) is 0 Å². The molecule has 0 aromatic carbocycles. The molecule has 0 unspecified atom stereocenters. The molecular formula is C12H18O4.